The van der Waals surface area contributed by atoms with Crippen LogP contribution in [-0.4, -0.2) is 35.1 Å². The van der Waals surface area contributed by atoms with Crippen LogP contribution in [0, 0.1) is 0 Å². The van der Waals surface area contributed by atoms with Crippen LogP contribution in [0.2, 0.25) is 0 Å². The van der Waals surface area contributed by atoms with Gasteiger partial charge in [-0.25, -0.2) is 0 Å². The topological polar surface area (TPSA) is 86.2 Å². The lowest BCUT2D eigenvalue weighted by Crippen LogP contribution is -2.22. The van der Waals surface area contributed by atoms with Gasteiger partial charge in [-0.2, -0.15) is 9.97 Å². The standard InChI is InChI=1S/C13H14N4O3S/c1-19-12-15-10(16-13(17-12)20-2)8-14-11(18)6-5-9-4-3-7-21-9/h3-7H,8H2,1-2H3,(H,14,18)/b6-5+. The van der Waals surface area contributed by atoms with Crippen molar-refractivity contribution >= 4 is 23.3 Å². The van der Waals surface area contributed by atoms with Crippen LogP contribution in [0.5, 0.6) is 12.0 Å². The van der Waals surface area contributed by atoms with Gasteiger partial charge in [0.1, 0.15) is 0 Å². The van der Waals surface area contributed by atoms with Gasteiger partial charge < -0.3 is 14.8 Å². The Morgan fingerprint density at radius 1 is 1.29 bits per heavy atom. The number of rotatable bonds is 6. The van der Waals surface area contributed by atoms with Crippen molar-refractivity contribution < 1.29 is 14.3 Å². The van der Waals surface area contributed by atoms with Gasteiger partial charge in [-0.3, -0.25) is 4.79 Å². The number of thiophene rings is 1. The zero-order valence-corrected chi connectivity index (χ0v) is 12.4. The molecular weight excluding hydrogens is 292 g/mol. The lowest BCUT2D eigenvalue weighted by atomic mass is 10.4. The van der Waals surface area contributed by atoms with Crippen molar-refractivity contribution in [1.29, 1.82) is 0 Å². The average Bonchev–Trinajstić information content (AvgIpc) is 3.03. The van der Waals surface area contributed by atoms with Crippen LogP contribution in [0.3, 0.4) is 0 Å². The average molecular weight is 306 g/mol. The van der Waals surface area contributed by atoms with Crippen molar-refractivity contribution in [2.75, 3.05) is 14.2 Å². The van der Waals surface area contributed by atoms with E-state index in [1.165, 1.54) is 20.3 Å². The number of ether oxygens (including phenoxy) is 2. The molecule has 1 amide bonds. The van der Waals surface area contributed by atoms with E-state index in [4.69, 9.17) is 9.47 Å². The molecule has 2 rings (SSSR count). The van der Waals surface area contributed by atoms with Crippen LogP contribution in [0.25, 0.3) is 6.08 Å². The Kier molecular flexibility index (Phi) is 5.22. The highest BCUT2D eigenvalue weighted by molar-refractivity contribution is 7.10. The summed E-state index contributed by atoms with van der Waals surface area (Å²) in [5.74, 6) is 0.123. The molecule has 0 saturated heterocycles. The number of nitrogens with one attached hydrogen (secondary N) is 1. The van der Waals surface area contributed by atoms with Crippen molar-refractivity contribution in [3.63, 3.8) is 0 Å². The quantitative estimate of drug-likeness (QED) is 0.809. The Morgan fingerprint density at radius 3 is 2.57 bits per heavy atom. The van der Waals surface area contributed by atoms with E-state index < -0.39 is 0 Å². The number of nitrogens with zero attached hydrogens (tertiary/aromatic N) is 3. The van der Waals surface area contributed by atoms with Gasteiger partial charge in [-0.1, -0.05) is 6.07 Å². The number of carbonyl (C=O) groups is 1. The Bertz CT molecular complexity index is 606. The molecule has 0 saturated carbocycles. The summed E-state index contributed by atoms with van der Waals surface area (Å²) in [6, 6.07) is 4.13. The molecule has 0 aliphatic rings. The van der Waals surface area contributed by atoms with Gasteiger partial charge >= 0.3 is 12.0 Å². The van der Waals surface area contributed by atoms with Crippen LogP contribution < -0.4 is 14.8 Å². The monoisotopic (exact) mass is 306 g/mol. The Labute approximate surface area is 125 Å². The largest absolute Gasteiger partial charge is 0.467 e. The minimum absolute atomic E-state index is 0.139. The summed E-state index contributed by atoms with van der Waals surface area (Å²) in [7, 11) is 2.89. The molecule has 0 radical (unpaired) electrons. The van der Waals surface area contributed by atoms with E-state index in [9.17, 15) is 4.79 Å². The van der Waals surface area contributed by atoms with Gasteiger partial charge in [0.05, 0.1) is 20.8 Å². The first-order chi connectivity index (χ1) is 10.2. The van der Waals surface area contributed by atoms with Crippen molar-refractivity contribution in [1.82, 2.24) is 20.3 Å². The van der Waals surface area contributed by atoms with E-state index in [1.807, 2.05) is 17.5 Å². The fraction of sp³-hybridized carbons (Fsp3) is 0.231. The molecule has 2 heterocycles. The first-order valence-corrected chi connectivity index (χ1v) is 6.91. The Balaban J connectivity index is 1.94. The second kappa shape index (κ2) is 7.34. The molecule has 8 heteroatoms. The van der Waals surface area contributed by atoms with Gasteiger partial charge in [0.25, 0.3) is 0 Å². The van der Waals surface area contributed by atoms with Crippen molar-refractivity contribution in [2.24, 2.45) is 0 Å². The summed E-state index contributed by atoms with van der Waals surface area (Å²) < 4.78 is 9.87. The summed E-state index contributed by atoms with van der Waals surface area (Å²) in [4.78, 5) is 24.6. The molecule has 0 atom stereocenters. The van der Waals surface area contributed by atoms with E-state index in [2.05, 4.69) is 20.3 Å². The predicted molar refractivity (Wildman–Crippen MR) is 78.1 cm³/mol. The van der Waals surface area contributed by atoms with Gasteiger partial charge in [-0.15, -0.1) is 16.3 Å². The van der Waals surface area contributed by atoms with Gasteiger partial charge in [-0.05, 0) is 17.5 Å². The second-order valence-electron chi connectivity index (χ2n) is 3.79. The number of aromatic nitrogens is 3. The first kappa shape index (κ1) is 14.9. The molecule has 2 aromatic rings. The van der Waals surface area contributed by atoms with Crippen LogP contribution in [-0.2, 0) is 11.3 Å². The molecule has 0 bridgehead atoms. The lowest BCUT2D eigenvalue weighted by molar-refractivity contribution is -0.116. The minimum atomic E-state index is -0.234. The van der Waals surface area contributed by atoms with Crippen LogP contribution in [0.15, 0.2) is 23.6 Å². The number of hydrogen-bond acceptors (Lipinski definition) is 7. The molecule has 0 spiro atoms. The maximum Gasteiger partial charge on any atom is 0.322 e. The number of amides is 1. The summed E-state index contributed by atoms with van der Waals surface area (Å²) in [6.07, 6.45) is 3.20. The fourth-order valence-electron chi connectivity index (χ4n) is 1.41. The maximum absolute atomic E-state index is 11.7. The number of methoxy groups -OCH3 is 2. The fourth-order valence-corrected chi connectivity index (χ4v) is 2.03. The number of carbonyl (C=O) groups excluding carboxylic acids is 1. The van der Waals surface area contributed by atoms with E-state index in [1.54, 1.807) is 17.4 Å². The smallest absolute Gasteiger partial charge is 0.322 e. The zero-order valence-electron chi connectivity index (χ0n) is 11.6. The summed E-state index contributed by atoms with van der Waals surface area (Å²) in [6.45, 7) is 0.156. The molecule has 0 fully saturated rings. The molecule has 110 valence electrons. The molecular formula is C13H14N4O3S. The maximum atomic E-state index is 11.7. The third kappa shape index (κ3) is 4.53. The molecule has 0 aliphatic carbocycles. The highest BCUT2D eigenvalue weighted by Crippen LogP contribution is 2.10. The van der Waals surface area contributed by atoms with Crippen LogP contribution >= 0.6 is 11.3 Å². The van der Waals surface area contributed by atoms with Crippen molar-refractivity contribution in [3.05, 3.63) is 34.3 Å². The zero-order chi connectivity index (χ0) is 15.1. The summed E-state index contributed by atoms with van der Waals surface area (Å²) in [5.41, 5.74) is 0. The Morgan fingerprint density at radius 2 is 2.00 bits per heavy atom. The highest BCUT2D eigenvalue weighted by atomic mass is 32.1. The SMILES string of the molecule is COc1nc(CNC(=O)/C=C/c2cccs2)nc(OC)n1. The van der Waals surface area contributed by atoms with E-state index in [0.29, 0.717) is 5.82 Å². The minimum Gasteiger partial charge on any atom is -0.467 e. The normalized spacial score (nSPS) is 10.6. The molecule has 0 aliphatic heterocycles. The van der Waals surface area contributed by atoms with Crippen molar-refractivity contribution in [3.8, 4) is 12.0 Å². The summed E-state index contributed by atoms with van der Waals surface area (Å²) in [5, 5.41) is 4.62. The van der Waals surface area contributed by atoms with E-state index >= 15 is 0 Å². The molecule has 2 aromatic heterocycles. The highest BCUT2D eigenvalue weighted by Gasteiger charge is 2.07. The lowest BCUT2D eigenvalue weighted by Gasteiger charge is -2.05. The third-order valence-corrected chi connectivity index (χ3v) is 3.21. The van der Waals surface area contributed by atoms with Gasteiger partial charge in [0.15, 0.2) is 5.82 Å². The number of hydrogen-bond donors (Lipinski definition) is 1. The van der Waals surface area contributed by atoms with E-state index in [0.717, 1.165) is 4.88 Å². The summed E-state index contributed by atoms with van der Waals surface area (Å²) >= 11 is 1.56. The molecule has 1 N–H and O–H groups in total. The van der Waals surface area contributed by atoms with E-state index in [-0.39, 0.29) is 24.5 Å². The second-order valence-corrected chi connectivity index (χ2v) is 4.77. The molecule has 0 unspecified atom stereocenters. The Hall–Kier alpha value is -2.48. The molecule has 7 nitrogen and oxygen atoms in total. The van der Waals surface area contributed by atoms with Gasteiger partial charge in [0.2, 0.25) is 5.91 Å². The first-order valence-electron chi connectivity index (χ1n) is 6.03. The third-order valence-electron chi connectivity index (χ3n) is 2.37. The predicted octanol–water partition coefficient (Wildman–Crippen LogP) is 1.28. The van der Waals surface area contributed by atoms with Crippen LogP contribution in [0.4, 0.5) is 0 Å². The molecule has 21 heavy (non-hydrogen) atoms. The van der Waals surface area contributed by atoms with Crippen molar-refractivity contribution in [2.45, 2.75) is 6.54 Å². The molecule has 0 aromatic carbocycles. The van der Waals surface area contributed by atoms with Gasteiger partial charge in [0, 0.05) is 11.0 Å². The van der Waals surface area contributed by atoms with Crippen LogP contribution in [0.1, 0.15) is 10.7 Å².